The van der Waals surface area contributed by atoms with E-state index < -0.39 is 0 Å². The highest BCUT2D eigenvalue weighted by Crippen LogP contribution is 2.41. The van der Waals surface area contributed by atoms with Crippen LogP contribution in [0.2, 0.25) is 0 Å². The Bertz CT molecular complexity index is 1600. The van der Waals surface area contributed by atoms with Gasteiger partial charge < -0.3 is 5.11 Å². The molecule has 6 rings (SSSR count). The fourth-order valence-electron chi connectivity index (χ4n) is 4.31. The van der Waals surface area contributed by atoms with Gasteiger partial charge >= 0.3 is 0 Å². The second kappa shape index (κ2) is 8.62. The summed E-state index contributed by atoms with van der Waals surface area (Å²) in [6.07, 6.45) is 0. The lowest BCUT2D eigenvalue weighted by Gasteiger charge is -2.10. The van der Waals surface area contributed by atoms with Gasteiger partial charge in [-0.15, -0.1) is 11.3 Å². The lowest BCUT2D eigenvalue weighted by Crippen LogP contribution is -1.86. The van der Waals surface area contributed by atoms with Crippen LogP contribution in [0.15, 0.2) is 121 Å². The van der Waals surface area contributed by atoms with Crippen molar-refractivity contribution >= 4 is 21.6 Å². The fraction of sp³-hybridized carbons (Fsp3) is 0. The highest BCUT2D eigenvalue weighted by Gasteiger charge is 2.16. The van der Waals surface area contributed by atoms with Crippen molar-refractivity contribution in [1.29, 1.82) is 0 Å². The second-order valence-corrected chi connectivity index (χ2v) is 9.25. The summed E-state index contributed by atoms with van der Waals surface area (Å²) < 4.78 is 1.10. The Morgan fingerprint density at radius 3 is 1.85 bits per heavy atom. The number of phenolic OH excluding ortho intramolecular Hbond substituents is 1. The number of hydrogen-bond acceptors (Lipinski definition) is 3. The summed E-state index contributed by atoms with van der Waals surface area (Å²) in [5, 5.41) is 11.2. The summed E-state index contributed by atoms with van der Waals surface area (Å²) in [6.45, 7) is 0. The Morgan fingerprint density at radius 2 is 1.12 bits per heavy atom. The van der Waals surface area contributed by atoms with Crippen LogP contribution in [0.3, 0.4) is 0 Å². The third-order valence-electron chi connectivity index (χ3n) is 6.02. The molecule has 0 aliphatic rings. The molecule has 0 bridgehead atoms. The first kappa shape index (κ1) is 20.4. The molecular weight excluding hydrogens is 434 g/mol. The zero-order valence-corrected chi connectivity index (χ0v) is 19.2. The van der Waals surface area contributed by atoms with E-state index in [4.69, 9.17) is 4.98 Å². The van der Waals surface area contributed by atoms with Crippen molar-refractivity contribution in [3.63, 3.8) is 0 Å². The molecule has 0 aliphatic carbocycles. The van der Waals surface area contributed by atoms with Crippen LogP contribution < -0.4 is 0 Å². The number of phenols is 1. The number of nitrogens with zero attached hydrogens (tertiary/aromatic N) is 1. The van der Waals surface area contributed by atoms with Crippen LogP contribution in [0.5, 0.6) is 5.75 Å². The van der Waals surface area contributed by atoms with Gasteiger partial charge in [-0.2, -0.15) is 0 Å². The number of para-hydroxylation sites is 1. The first-order chi connectivity index (χ1) is 16.8. The molecule has 3 heteroatoms. The van der Waals surface area contributed by atoms with Crippen LogP contribution in [0.1, 0.15) is 0 Å². The van der Waals surface area contributed by atoms with Crippen LogP contribution in [-0.4, -0.2) is 10.1 Å². The molecule has 0 spiro atoms. The van der Waals surface area contributed by atoms with Crippen molar-refractivity contribution in [3.05, 3.63) is 121 Å². The number of aromatic hydroxyl groups is 1. The molecule has 34 heavy (non-hydrogen) atoms. The Balaban J connectivity index is 1.56. The van der Waals surface area contributed by atoms with Crippen molar-refractivity contribution in [2.45, 2.75) is 0 Å². The van der Waals surface area contributed by atoms with Gasteiger partial charge in [0.1, 0.15) is 10.8 Å². The van der Waals surface area contributed by atoms with E-state index in [2.05, 4.69) is 84.9 Å². The van der Waals surface area contributed by atoms with E-state index in [1.165, 1.54) is 11.1 Å². The molecule has 0 amide bonds. The lowest BCUT2D eigenvalue weighted by molar-refractivity contribution is 0.477. The largest absolute Gasteiger partial charge is 0.507 e. The number of rotatable bonds is 4. The van der Waals surface area contributed by atoms with Gasteiger partial charge in [0.25, 0.3) is 0 Å². The second-order valence-electron chi connectivity index (χ2n) is 8.22. The Labute approximate surface area is 202 Å². The van der Waals surface area contributed by atoms with E-state index in [0.29, 0.717) is 0 Å². The molecule has 0 fully saturated rings. The third-order valence-corrected chi connectivity index (χ3v) is 7.05. The van der Waals surface area contributed by atoms with E-state index in [9.17, 15) is 5.11 Å². The number of benzene rings is 5. The molecule has 162 valence electrons. The standard InChI is InChI=1S/C31H21NOS/c33-28-17-8-7-16-26(28)31-32-30-27(22-12-5-2-6-13-22)19-25(20-29(30)34-31)24-15-9-14-23(18-24)21-10-3-1-4-11-21/h1-20,33H. The van der Waals surface area contributed by atoms with E-state index in [1.807, 2.05) is 30.3 Å². The van der Waals surface area contributed by atoms with Gasteiger partial charge in [-0.3, -0.25) is 0 Å². The smallest absolute Gasteiger partial charge is 0.128 e. The molecule has 0 saturated heterocycles. The number of aromatic nitrogens is 1. The molecule has 0 saturated carbocycles. The summed E-state index contributed by atoms with van der Waals surface area (Å²) in [6, 6.07) is 41.4. The monoisotopic (exact) mass is 455 g/mol. The minimum atomic E-state index is 0.249. The molecule has 2 nitrogen and oxygen atoms in total. The van der Waals surface area contributed by atoms with Gasteiger partial charge in [0.15, 0.2) is 0 Å². The van der Waals surface area contributed by atoms with Crippen molar-refractivity contribution in [2.24, 2.45) is 0 Å². The zero-order valence-electron chi connectivity index (χ0n) is 18.3. The summed E-state index contributed by atoms with van der Waals surface area (Å²) in [5.41, 5.74) is 8.65. The summed E-state index contributed by atoms with van der Waals surface area (Å²) in [7, 11) is 0. The van der Waals surface area contributed by atoms with Gasteiger partial charge in [-0.05, 0) is 58.1 Å². The van der Waals surface area contributed by atoms with Crippen LogP contribution in [-0.2, 0) is 0 Å². The predicted molar refractivity (Wildman–Crippen MR) is 143 cm³/mol. The first-order valence-electron chi connectivity index (χ1n) is 11.2. The molecule has 5 aromatic carbocycles. The van der Waals surface area contributed by atoms with Crippen LogP contribution >= 0.6 is 11.3 Å². The minimum Gasteiger partial charge on any atom is -0.507 e. The third kappa shape index (κ3) is 3.76. The summed E-state index contributed by atoms with van der Waals surface area (Å²) in [5.74, 6) is 0.249. The summed E-state index contributed by atoms with van der Waals surface area (Å²) in [4.78, 5) is 4.98. The van der Waals surface area contributed by atoms with E-state index in [0.717, 1.165) is 43.0 Å². The molecule has 0 atom stereocenters. The van der Waals surface area contributed by atoms with Gasteiger partial charge in [0.05, 0.1) is 15.8 Å². The average Bonchev–Trinajstić information content (AvgIpc) is 3.33. The van der Waals surface area contributed by atoms with Crippen LogP contribution in [0.25, 0.3) is 54.2 Å². The Morgan fingerprint density at radius 1 is 0.500 bits per heavy atom. The normalized spacial score (nSPS) is 11.1. The molecule has 0 radical (unpaired) electrons. The van der Waals surface area contributed by atoms with Gasteiger partial charge in [0.2, 0.25) is 0 Å². The zero-order chi connectivity index (χ0) is 22.9. The van der Waals surface area contributed by atoms with Gasteiger partial charge in [-0.1, -0.05) is 91.0 Å². The quantitative estimate of drug-likeness (QED) is 0.288. The molecule has 1 N–H and O–H groups in total. The number of hydrogen-bond donors (Lipinski definition) is 1. The van der Waals surface area contributed by atoms with Crippen molar-refractivity contribution in [3.8, 4) is 49.7 Å². The molecule has 0 aliphatic heterocycles. The molecule has 6 aromatic rings. The maximum absolute atomic E-state index is 10.4. The molecule has 1 aromatic heterocycles. The SMILES string of the molecule is Oc1ccccc1-c1nc2c(-c3ccccc3)cc(-c3cccc(-c4ccccc4)c3)cc2s1. The Kier molecular flexibility index (Phi) is 5.17. The fourth-order valence-corrected chi connectivity index (χ4v) is 5.38. The Hall–Kier alpha value is -4.21. The predicted octanol–water partition coefficient (Wildman–Crippen LogP) is 8.67. The first-order valence-corrected chi connectivity index (χ1v) is 12.0. The van der Waals surface area contributed by atoms with Gasteiger partial charge in [-0.25, -0.2) is 4.98 Å². The van der Waals surface area contributed by atoms with E-state index >= 15 is 0 Å². The topological polar surface area (TPSA) is 33.1 Å². The van der Waals surface area contributed by atoms with E-state index in [1.54, 1.807) is 17.4 Å². The molecule has 1 heterocycles. The minimum absolute atomic E-state index is 0.249. The lowest BCUT2D eigenvalue weighted by atomic mass is 9.95. The van der Waals surface area contributed by atoms with Crippen molar-refractivity contribution in [1.82, 2.24) is 4.98 Å². The maximum atomic E-state index is 10.4. The highest BCUT2D eigenvalue weighted by atomic mass is 32.1. The van der Waals surface area contributed by atoms with Crippen LogP contribution in [0, 0.1) is 0 Å². The number of thiazole rings is 1. The van der Waals surface area contributed by atoms with Crippen molar-refractivity contribution < 1.29 is 5.11 Å². The average molecular weight is 456 g/mol. The van der Waals surface area contributed by atoms with Crippen molar-refractivity contribution in [2.75, 3.05) is 0 Å². The number of fused-ring (bicyclic) bond motifs is 1. The molecule has 0 unspecified atom stereocenters. The van der Waals surface area contributed by atoms with Gasteiger partial charge in [0, 0.05) is 5.56 Å². The van der Waals surface area contributed by atoms with Crippen LogP contribution in [0.4, 0.5) is 0 Å². The molecular formula is C31H21NOS. The van der Waals surface area contributed by atoms with E-state index in [-0.39, 0.29) is 5.75 Å². The summed E-state index contributed by atoms with van der Waals surface area (Å²) >= 11 is 1.61. The highest BCUT2D eigenvalue weighted by molar-refractivity contribution is 7.21. The maximum Gasteiger partial charge on any atom is 0.128 e.